The Morgan fingerprint density at radius 3 is 2.71 bits per heavy atom. The highest BCUT2D eigenvalue weighted by Gasteiger charge is 2.16. The number of nitrogens with two attached hydrogens (primary N) is 1. The summed E-state index contributed by atoms with van der Waals surface area (Å²) >= 11 is 0. The second-order valence-corrected chi connectivity index (χ2v) is 4.89. The molecule has 6 heteroatoms. The molecule has 1 heterocycles. The SMILES string of the molecule is Cc1ccc(-n2nnnc2-c2cccc(N)c2C)c(F)c1. The Labute approximate surface area is 121 Å². The molecule has 106 valence electrons. The number of tetrazole rings is 1. The van der Waals surface area contributed by atoms with E-state index >= 15 is 0 Å². The molecule has 3 rings (SSSR count). The fraction of sp³-hybridized carbons (Fsp3) is 0.133. The molecule has 2 aromatic carbocycles. The van der Waals surface area contributed by atoms with Crippen LogP contribution in [0.1, 0.15) is 11.1 Å². The third kappa shape index (κ3) is 2.24. The minimum Gasteiger partial charge on any atom is -0.398 e. The smallest absolute Gasteiger partial charge is 0.187 e. The topological polar surface area (TPSA) is 69.6 Å². The lowest BCUT2D eigenvalue weighted by Crippen LogP contribution is -2.04. The van der Waals surface area contributed by atoms with Gasteiger partial charge in [0.25, 0.3) is 0 Å². The molecule has 0 spiro atoms. The van der Waals surface area contributed by atoms with E-state index in [1.165, 1.54) is 10.7 Å². The van der Waals surface area contributed by atoms with Crippen molar-refractivity contribution in [1.82, 2.24) is 20.2 Å². The molecule has 0 saturated heterocycles. The molecule has 0 aliphatic rings. The second-order valence-electron chi connectivity index (χ2n) is 4.89. The fourth-order valence-electron chi connectivity index (χ4n) is 2.20. The molecule has 1 aromatic heterocycles. The molecule has 0 bridgehead atoms. The van der Waals surface area contributed by atoms with Crippen LogP contribution in [0.25, 0.3) is 17.1 Å². The molecule has 0 atom stereocenters. The molecule has 5 nitrogen and oxygen atoms in total. The van der Waals surface area contributed by atoms with Crippen molar-refractivity contribution in [2.45, 2.75) is 13.8 Å². The van der Waals surface area contributed by atoms with Gasteiger partial charge in [-0.25, -0.2) is 4.39 Å². The first-order valence-corrected chi connectivity index (χ1v) is 6.48. The number of hydrogen-bond donors (Lipinski definition) is 1. The number of anilines is 1. The zero-order chi connectivity index (χ0) is 15.0. The summed E-state index contributed by atoms with van der Waals surface area (Å²) < 4.78 is 15.5. The summed E-state index contributed by atoms with van der Waals surface area (Å²) in [7, 11) is 0. The summed E-state index contributed by atoms with van der Waals surface area (Å²) in [5, 5.41) is 11.6. The van der Waals surface area contributed by atoms with E-state index in [9.17, 15) is 4.39 Å². The van der Waals surface area contributed by atoms with Gasteiger partial charge in [-0.3, -0.25) is 0 Å². The van der Waals surface area contributed by atoms with E-state index in [0.29, 0.717) is 17.2 Å². The predicted molar refractivity (Wildman–Crippen MR) is 78.4 cm³/mol. The summed E-state index contributed by atoms with van der Waals surface area (Å²) in [6.07, 6.45) is 0. The van der Waals surface area contributed by atoms with Crippen LogP contribution in [-0.2, 0) is 0 Å². The Morgan fingerprint density at radius 2 is 1.95 bits per heavy atom. The quantitative estimate of drug-likeness (QED) is 0.734. The number of aromatic nitrogens is 4. The predicted octanol–water partition coefficient (Wildman–Crippen LogP) is 2.67. The van der Waals surface area contributed by atoms with Gasteiger partial charge in [-0.05, 0) is 53.6 Å². The summed E-state index contributed by atoms with van der Waals surface area (Å²) in [6.45, 7) is 3.71. The summed E-state index contributed by atoms with van der Waals surface area (Å²) in [5.41, 5.74) is 9.34. The molecule has 0 fully saturated rings. The largest absolute Gasteiger partial charge is 0.398 e. The lowest BCUT2D eigenvalue weighted by atomic mass is 10.1. The molecule has 3 aromatic rings. The highest BCUT2D eigenvalue weighted by molar-refractivity contribution is 5.68. The number of halogens is 1. The average Bonchev–Trinajstić information content (AvgIpc) is 2.91. The van der Waals surface area contributed by atoms with Gasteiger partial charge in [0.05, 0.1) is 0 Å². The zero-order valence-corrected chi connectivity index (χ0v) is 11.7. The Kier molecular flexibility index (Phi) is 3.13. The van der Waals surface area contributed by atoms with Gasteiger partial charge in [0.15, 0.2) is 5.82 Å². The molecular formula is C15H14FN5. The van der Waals surface area contributed by atoms with E-state index in [4.69, 9.17) is 5.73 Å². The van der Waals surface area contributed by atoms with Crippen molar-refractivity contribution in [1.29, 1.82) is 0 Å². The van der Waals surface area contributed by atoms with Crippen molar-refractivity contribution in [3.05, 3.63) is 53.3 Å². The minimum atomic E-state index is -0.370. The van der Waals surface area contributed by atoms with E-state index in [-0.39, 0.29) is 5.82 Å². The van der Waals surface area contributed by atoms with Crippen LogP contribution >= 0.6 is 0 Å². The van der Waals surface area contributed by atoms with Crippen LogP contribution in [0.3, 0.4) is 0 Å². The summed E-state index contributed by atoms with van der Waals surface area (Å²) in [6, 6.07) is 10.4. The van der Waals surface area contributed by atoms with Gasteiger partial charge in [-0.15, -0.1) is 5.10 Å². The van der Waals surface area contributed by atoms with Crippen molar-refractivity contribution in [2.24, 2.45) is 0 Å². The monoisotopic (exact) mass is 283 g/mol. The van der Waals surface area contributed by atoms with E-state index < -0.39 is 0 Å². The maximum atomic E-state index is 14.1. The Bertz CT molecular complexity index is 810. The van der Waals surface area contributed by atoms with Gasteiger partial charge in [-0.1, -0.05) is 18.2 Å². The first-order valence-electron chi connectivity index (χ1n) is 6.48. The number of nitrogens with zero attached hydrogens (tertiary/aromatic N) is 4. The molecule has 21 heavy (non-hydrogen) atoms. The number of benzene rings is 2. The van der Waals surface area contributed by atoms with Crippen LogP contribution in [0.2, 0.25) is 0 Å². The maximum absolute atomic E-state index is 14.1. The van der Waals surface area contributed by atoms with Crippen LogP contribution < -0.4 is 5.73 Å². The lowest BCUT2D eigenvalue weighted by Gasteiger charge is -2.09. The molecule has 0 aliphatic heterocycles. The third-order valence-electron chi connectivity index (χ3n) is 3.42. The van der Waals surface area contributed by atoms with Gasteiger partial charge in [-0.2, -0.15) is 4.68 Å². The highest BCUT2D eigenvalue weighted by Crippen LogP contribution is 2.27. The highest BCUT2D eigenvalue weighted by atomic mass is 19.1. The Balaban J connectivity index is 2.20. The van der Waals surface area contributed by atoms with E-state index in [2.05, 4.69) is 15.5 Å². The van der Waals surface area contributed by atoms with Gasteiger partial charge in [0, 0.05) is 11.3 Å². The normalized spacial score (nSPS) is 10.8. The van der Waals surface area contributed by atoms with Gasteiger partial charge >= 0.3 is 0 Å². The number of aryl methyl sites for hydroxylation is 1. The summed E-state index contributed by atoms with van der Waals surface area (Å²) in [5.74, 6) is 0.0904. The first-order chi connectivity index (χ1) is 10.1. The van der Waals surface area contributed by atoms with Crippen LogP contribution in [0.4, 0.5) is 10.1 Å². The minimum absolute atomic E-state index is 0.308. The third-order valence-corrected chi connectivity index (χ3v) is 3.42. The molecule has 2 N–H and O–H groups in total. The van der Waals surface area contributed by atoms with Crippen molar-refractivity contribution in [3.63, 3.8) is 0 Å². The molecule has 0 aliphatic carbocycles. The van der Waals surface area contributed by atoms with E-state index in [0.717, 1.165) is 16.7 Å². The maximum Gasteiger partial charge on any atom is 0.187 e. The standard InChI is InChI=1S/C15H14FN5/c1-9-6-7-14(12(16)8-9)21-15(18-19-20-21)11-4-3-5-13(17)10(11)2/h3-8H,17H2,1-2H3. The van der Waals surface area contributed by atoms with Crippen molar-refractivity contribution in [2.75, 3.05) is 5.73 Å². The van der Waals surface area contributed by atoms with E-state index in [1.54, 1.807) is 12.1 Å². The average molecular weight is 283 g/mol. The van der Waals surface area contributed by atoms with Crippen molar-refractivity contribution in [3.8, 4) is 17.1 Å². The Morgan fingerprint density at radius 1 is 1.14 bits per heavy atom. The molecular weight excluding hydrogens is 269 g/mol. The second kappa shape index (κ2) is 4.97. The molecule has 0 radical (unpaired) electrons. The number of nitrogen functional groups attached to an aromatic ring is 1. The number of rotatable bonds is 2. The van der Waals surface area contributed by atoms with E-state index in [1.807, 2.05) is 32.0 Å². The Hall–Kier alpha value is -2.76. The molecule has 0 unspecified atom stereocenters. The summed E-state index contributed by atoms with van der Waals surface area (Å²) in [4.78, 5) is 0. The fourth-order valence-corrected chi connectivity index (χ4v) is 2.20. The van der Waals surface area contributed by atoms with Crippen LogP contribution in [-0.4, -0.2) is 20.2 Å². The van der Waals surface area contributed by atoms with Gasteiger partial charge < -0.3 is 5.73 Å². The molecule has 0 saturated carbocycles. The van der Waals surface area contributed by atoms with Crippen molar-refractivity contribution < 1.29 is 4.39 Å². The van der Waals surface area contributed by atoms with Crippen molar-refractivity contribution >= 4 is 5.69 Å². The molecule has 0 amide bonds. The van der Waals surface area contributed by atoms with Gasteiger partial charge in [0.1, 0.15) is 11.5 Å². The number of hydrogen-bond acceptors (Lipinski definition) is 4. The van der Waals surface area contributed by atoms with Crippen LogP contribution in [0.15, 0.2) is 36.4 Å². The first kappa shape index (κ1) is 13.2. The zero-order valence-electron chi connectivity index (χ0n) is 11.7. The van der Waals surface area contributed by atoms with Crippen LogP contribution in [0, 0.1) is 19.7 Å². The lowest BCUT2D eigenvalue weighted by molar-refractivity contribution is 0.606. The van der Waals surface area contributed by atoms with Gasteiger partial charge in [0.2, 0.25) is 0 Å². The van der Waals surface area contributed by atoms with Crippen LogP contribution in [0.5, 0.6) is 0 Å².